The molecule has 1 amide bonds. The SMILES string of the molecule is CN(Cc1cccc(Cl)c1)C(=O)c1cccc(Cl)c1Cl. The lowest BCUT2D eigenvalue weighted by atomic mass is 10.1. The molecule has 0 N–H and O–H groups in total. The van der Waals surface area contributed by atoms with Crippen LogP contribution in [0, 0.1) is 0 Å². The fourth-order valence-electron chi connectivity index (χ4n) is 1.86. The van der Waals surface area contributed by atoms with E-state index >= 15 is 0 Å². The summed E-state index contributed by atoms with van der Waals surface area (Å²) in [4.78, 5) is 13.9. The fourth-order valence-corrected chi connectivity index (χ4v) is 2.45. The summed E-state index contributed by atoms with van der Waals surface area (Å²) in [7, 11) is 1.71. The van der Waals surface area contributed by atoms with Crippen LogP contribution in [0.2, 0.25) is 15.1 Å². The molecule has 104 valence electrons. The van der Waals surface area contributed by atoms with E-state index < -0.39 is 0 Å². The Morgan fingerprint density at radius 2 is 1.80 bits per heavy atom. The van der Waals surface area contributed by atoms with Crippen LogP contribution in [0.5, 0.6) is 0 Å². The normalized spacial score (nSPS) is 10.4. The van der Waals surface area contributed by atoms with Gasteiger partial charge in [0.15, 0.2) is 0 Å². The van der Waals surface area contributed by atoms with Gasteiger partial charge >= 0.3 is 0 Å². The van der Waals surface area contributed by atoms with E-state index in [-0.39, 0.29) is 10.9 Å². The van der Waals surface area contributed by atoms with Crippen LogP contribution in [0.15, 0.2) is 42.5 Å². The Bertz CT molecular complexity index is 643. The summed E-state index contributed by atoms with van der Waals surface area (Å²) in [6, 6.07) is 12.4. The van der Waals surface area contributed by atoms with E-state index in [1.807, 2.05) is 18.2 Å². The Morgan fingerprint density at radius 1 is 1.10 bits per heavy atom. The molecular weight excluding hydrogens is 317 g/mol. The molecule has 0 bridgehead atoms. The number of halogens is 3. The molecule has 0 spiro atoms. The molecule has 0 unspecified atom stereocenters. The molecule has 0 fully saturated rings. The predicted molar refractivity (Wildman–Crippen MR) is 83.7 cm³/mol. The molecule has 0 aromatic heterocycles. The third kappa shape index (κ3) is 3.45. The van der Waals surface area contributed by atoms with Crippen molar-refractivity contribution in [3.8, 4) is 0 Å². The molecule has 20 heavy (non-hydrogen) atoms. The minimum atomic E-state index is -0.183. The third-order valence-corrected chi connectivity index (χ3v) is 3.89. The zero-order valence-corrected chi connectivity index (χ0v) is 13.0. The topological polar surface area (TPSA) is 20.3 Å². The molecule has 2 aromatic carbocycles. The summed E-state index contributed by atoms with van der Waals surface area (Å²) in [6.45, 7) is 0.447. The first-order valence-corrected chi connectivity index (χ1v) is 7.06. The lowest BCUT2D eigenvalue weighted by molar-refractivity contribution is 0.0785. The van der Waals surface area contributed by atoms with Gasteiger partial charge in [-0.2, -0.15) is 0 Å². The second kappa shape index (κ2) is 6.49. The number of hydrogen-bond donors (Lipinski definition) is 0. The number of amides is 1. The molecule has 0 aliphatic rings. The monoisotopic (exact) mass is 327 g/mol. The first-order valence-electron chi connectivity index (χ1n) is 5.93. The maximum absolute atomic E-state index is 12.4. The molecule has 2 aromatic rings. The quantitative estimate of drug-likeness (QED) is 0.783. The van der Waals surface area contributed by atoms with Gasteiger partial charge in [-0.25, -0.2) is 0 Å². The average Bonchev–Trinajstić information content (AvgIpc) is 2.41. The van der Waals surface area contributed by atoms with Gasteiger partial charge in [-0.05, 0) is 29.8 Å². The van der Waals surface area contributed by atoms with E-state index in [2.05, 4.69) is 0 Å². The maximum Gasteiger partial charge on any atom is 0.255 e. The minimum absolute atomic E-state index is 0.183. The van der Waals surface area contributed by atoms with E-state index in [0.717, 1.165) is 5.56 Å². The predicted octanol–water partition coefficient (Wildman–Crippen LogP) is 4.92. The van der Waals surface area contributed by atoms with E-state index in [9.17, 15) is 4.79 Å². The van der Waals surface area contributed by atoms with E-state index in [1.54, 1.807) is 36.2 Å². The molecule has 0 saturated heterocycles. The van der Waals surface area contributed by atoms with Crippen LogP contribution in [-0.4, -0.2) is 17.9 Å². The maximum atomic E-state index is 12.4. The zero-order chi connectivity index (χ0) is 14.7. The fraction of sp³-hybridized carbons (Fsp3) is 0.133. The number of carbonyl (C=O) groups excluding carboxylic acids is 1. The summed E-state index contributed by atoms with van der Waals surface area (Å²) in [5, 5.41) is 1.29. The van der Waals surface area contributed by atoms with Gasteiger partial charge in [-0.15, -0.1) is 0 Å². The molecule has 0 radical (unpaired) electrons. The number of nitrogens with zero attached hydrogens (tertiary/aromatic N) is 1. The van der Waals surface area contributed by atoms with Crippen LogP contribution < -0.4 is 0 Å². The Kier molecular flexibility index (Phi) is 4.92. The Hall–Kier alpha value is -1.22. The highest BCUT2D eigenvalue weighted by Crippen LogP contribution is 2.26. The standard InChI is InChI=1S/C15H12Cl3NO/c1-19(9-10-4-2-5-11(16)8-10)15(20)12-6-3-7-13(17)14(12)18/h2-8H,9H2,1H3. The molecule has 2 nitrogen and oxygen atoms in total. The largest absolute Gasteiger partial charge is 0.337 e. The van der Waals surface area contributed by atoms with Gasteiger partial charge in [0, 0.05) is 18.6 Å². The van der Waals surface area contributed by atoms with Crippen molar-refractivity contribution in [3.05, 3.63) is 68.7 Å². The lowest BCUT2D eigenvalue weighted by Gasteiger charge is -2.18. The Morgan fingerprint density at radius 3 is 2.50 bits per heavy atom. The molecule has 0 aliphatic heterocycles. The summed E-state index contributed by atoms with van der Waals surface area (Å²) >= 11 is 17.9. The van der Waals surface area contributed by atoms with Gasteiger partial charge in [-0.1, -0.05) is 53.0 Å². The highest BCUT2D eigenvalue weighted by molar-refractivity contribution is 6.43. The third-order valence-electron chi connectivity index (χ3n) is 2.84. The first-order chi connectivity index (χ1) is 9.49. The van der Waals surface area contributed by atoms with Crippen molar-refractivity contribution in [2.75, 3.05) is 7.05 Å². The van der Waals surface area contributed by atoms with Gasteiger partial charge in [0.1, 0.15) is 0 Å². The number of benzene rings is 2. The summed E-state index contributed by atoms with van der Waals surface area (Å²) in [5.74, 6) is -0.183. The summed E-state index contributed by atoms with van der Waals surface area (Å²) in [5.41, 5.74) is 1.34. The smallest absolute Gasteiger partial charge is 0.255 e. The summed E-state index contributed by atoms with van der Waals surface area (Å²) < 4.78 is 0. The van der Waals surface area contributed by atoms with Crippen molar-refractivity contribution in [2.24, 2.45) is 0 Å². The van der Waals surface area contributed by atoms with Crippen molar-refractivity contribution in [2.45, 2.75) is 6.54 Å². The highest BCUT2D eigenvalue weighted by Gasteiger charge is 2.16. The molecule has 2 rings (SSSR count). The van der Waals surface area contributed by atoms with Crippen LogP contribution in [-0.2, 0) is 6.54 Å². The Labute approximate surface area is 132 Å². The van der Waals surface area contributed by atoms with Crippen molar-refractivity contribution < 1.29 is 4.79 Å². The molecule has 0 atom stereocenters. The molecule has 0 heterocycles. The van der Waals surface area contributed by atoms with Crippen molar-refractivity contribution in [1.82, 2.24) is 4.90 Å². The molecule has 5 heteroatoms. The van der Waals surface area contributed by atoms with Crippen molar-refractivity contribution in [3.63, 3.8) is 0 Å². The molecule has 0 aliphatic carbocycles. The lowest BCUT2D eigenvalue weighted by Crippen LogP contribution is -2.26. The molecule has 0 saturated carbocycles. The van der Waals surface area contributed by atoms with E-state index in [0.29, 0.717) is 22.2 Å². The van der Waals surface area contributed by atoms with Crippen molar-refractivity contribution in [1.29, 1.82) is 0 Å². The van der Waals surface area contributed by atoms with Crippen LogP contribution in [0.25, 0.3) is 0 Å². The van der Waals surface area contributed by atoms with Crippen LogP contribution >= 0.6 is 34.8 Å². The zero-order valence-electron chi connectivity index (χ0n) is 10.7. The number of carbonyl (C=O) groups is 1. The van der Waals surface area contributed by atoms with E-state index in [1.165, 1.54) is 0 Å². The van der Waals surface area contributed by atoms with Gasteiger partial charge < -0.3 is 4.90 Å². The number of rotatable bonds is 3. The van der Waals surface area contributed by atoms with E-state index in [4.69, 9.17) is 34.8 Å². The van der Waals surface area contributed by atoms with Crippen LogP contribution in [0.4, 0.5) is 0 Å². The summed E-state index contributed by atoms with van der Waals surface area (Å²) in [6.07, 6.45) is 0. The number of hydrogen-bond acceptors (Lipinski definition) is 1. The van der Waals surface area contributed by atoms with Gasteiger partial charge in [-0.3, -0.25) is 4.79 Å². The van der Waals surface area contributed by atoms with Crippen LogP contribution in [0.1, 0.15) is 15.9 Å². The minimum Gasteiger partial charge on any atom is -0.337 e. The average molecular weight is 329 g/mol. The second-order valence-electron chi connectivity index (χ2n) is 4.39. The van der Waals surface area contributed by atoms with Crippen molar-refractivity contribution >= 4 is 40.7 Å². The van der Waals surface area contributed by atoms with Crippen LogP contribution in [0.3, 0.4) is 0 Å². The second-order valence-corrected chi connectivity index (χ2v) is 5.61. The highest BCUT2D eigenvalue weighted by atomic mass is 35.5. The van der Waals surface area contributed by atoms with Gasteiger partial charge in [0.25, 0.3) is 5.91 Å². The Balaban J connectivity index is 2.19. The van der Waals surface area contributed by atoms with Gasteiger partial charge in [0.05, 0.1) is 15.6 Å². The van der Waals surface area contributed by atoms with Gasteiger partial charge in [0.2, 0.25) is 0 Å². The first kappa shape index (κ1) is 15.2. The molecular formula is C15H12Cl3NO.